The van der Waals surface area contributed by atoms with Crippen LogP contribution in [0.15, 0.2) is 24.3 Å². The van der Waals surface area contributed by atoms with Crippen LogP contribution in [-0.4, -0.2) is 0 Å². The van der Waals surface area contributed by atoms with E-state index >= 15 is 0 Å². The molecule has 0 nitrogen and oxygen atoms in total. The average molecular weight is 178 g/mol. The van der Waals surface area contributed by atoms with E-state index in [1.165, 1.54) is 51.4 Å². The highest BCUT2D eigenvalue weighted by atomic mass is 14.0. The van der Waals surface area contributed by atoms with Crippen LogP contribution in [0.1, 0.15) is 57.8 Å². The van der Waals surface area contributed by atoms with Gasteiger partial charge in [0.15, 0.2) is 0 Å². The molecule has 1 rings (SSSR count). The summed E-state index contributed by atoms with van der Waals surface area (Å²) in [4.78, 5) is 0. The quantitative estimate of drug-likeness (QED) is 0.475. The second-order valence-corrected chi connectivity index (χ2v) is 3.88. The van der Waals surface area contributed by atoms with Gasteiger partial charge in [0.2, 0.25) is 0 Å². The molecule has 0 heterocycles. The molecule has 0 aromatic carbocycles. The van der Waals surface area contributed by atoms with Crippen molar-refractivity contribution < 1.29 is 0 Å². The molecule has 1 aliphatic rings. The minimum Gasteiger partial charge on any atom is -0.0882 e. The van der Waals surface area contributed by atoms with E-state index in [9.17, 15) is 0 Å². The minimum atomic E-state index is 1.14. The second kappa shape index (κ2) is 8.10. The van der Waals surface area contributed by atoms with E-state index in [1.807, 2.05) is 0 Å². The van der Waals surface area contributed by atoms with E-state index in [0.717, 1.165) is 6.42 Å². The van der Waals surface area contributed by atoms with Crippen LogP contribution in [0.4, 0.5) is 0 Å². The van der Waals surface area contributed by atoms with Gasteiger partial charge in [-0.25, -0.2) is 0 Å². The summed E-state index contributed by atoms with van der Waals surface area (Å²) in [5, 5.41) is 0. The molecule has 0 amide bonds. The van der Waals surface area contributed by atoms with Crippen LogP contribution < -0.4 is 0 Å². The Morgan fingerprint density at radius 3 is 1.46 bits per heavy atom. The molecular formula is C13H22. The molecule has 0 atom stereocenters. The minimum absolute atomic E-state index is 1.14. The van der Waals surface area contributed by atoms with Gasteiger partial charge in [0, 0.05) is 0 Å². The molecule has 0 unspecified atom stereocenters. The maximum atomic E-state index is 2.34. The maximum Gasteiger partial charge on any atom is -0.0169 e. The SMILES string of the molecule is C1=C\CCCCCCCC/C=C\C/1. The summed E-state index contributed by atoms with van der Waals surface area (Å²) in [5.41, 5.74) is 0. The Hall–Kier alpha value is -0.520. The van der Waals surface area contributed by atoms with Gasteiger partial charge in [-0.15, -0.1) is 0 Å². The summed E-state index contributed by atoms with van der Waals surface area (Å²) in [5.74, 6) is 0. The Balaban J connectivity index is 2.18. The Labute approximate surface area is 82.7 Å². The molecule has 0 saturated carbocycles. The average Bonchev–Trinajstić information content (AvgIpc) is 2.18. The van der Waals surface area contributed by atoms with Crippen molar-refractivity contribution in [2.24, 2.45) is 0 Å². The van der Waals surface area contributed by atoms with Gasteiger partial charge in [-0.05, 0) is 32.1 Å². The van der Waals surface area contributed by atoms with Gasteiger partial charge in [-0.1, -0.05) is 50.0 Å². The highest BCUT2D eigenvalue weighted by Crippen LogP contribution is 2.10. The van der Waals surface area contributed by atoms with Gasteiger partial charge in [0.25, 0.3) is 0 Å². The molecule has 0 aromatic rings. The second-order valence-electron chi connectivity index (χ2n) is 3.88. The summed E-state index contributed by atoms with van der Waals surface area (Å²) >= 11 is 0. The van der Waals surface area contributed by atoms with Crippen molar-refractivity contribution in [3.05, 3.63) is 24.3 Å². The Kier molecular flexibility index (Phi) is 6.58. The standard InChI is InChI=1S/C13H22/c1-2-4-6-8-10-12-13-11-9-7-5-3-1/h1-2,5,7H,3-4,6,8-13H2/b2-1-,7-5-. The summed E-state index contributed by atoms with van der Waals surface area (Å²) < 4.78 is 0. The molecule has 0 heteroatoms. The van der Waals surface area contributed by atoms with Crippen LogP contribution in [0.5, 0.6) is 0 Å². The zero-order chi connectivity index (χ0) is 9.19. The first-order valence-electron chi connectivity index (χ1n) is 5.80. The summed E-state index contributed by atoms with van der Waals surface area (Å²) in [6, 6.07) is 0. The largest absolute Gasteiger partial charge is 0.0882 e. The first-order chi connectivity index (χ1) is 6.50. The van der Waals surface area contributed by atoms with Crippen molar-refractivity contribution in [3.8, 4) is 0 Å². The summed E-state index contributed by atoms with van der Waals surface area (Å²) in [6.07, 6.45) is 21.5. The smallest absolute Gasteiger partial charge is 0.0169 e. The van der Waals surface area contributed by atoms with Crippen LogP contribution in [0.25, 0.3) is 0 Å². The molecule has 0 radical (unpaired) electrons. The van der Waals surface area contributed by atoms with E-state index in [0.29, 0.717) is 0 Å². The molecule has 0 saturated heterocycles. The van der Waals surface area contributed by atoms with Crippen molar-refractivity contribution in [2.75, 3.05) is 0 Å². The molecule has 0 aliphatic heterocycles. The van der Waals surface area contributed by atoms with Crippen LogP contribution >= 0.6 is 0 Å². The van der Waals surface area contributed by atoms with Gasteiger partial charge >= 0.3 is 0 Å². The van der Waals surface area contributed by atoms with Gasteiger partial charge in [0.05, 0.1) is 0 Å². The Morgan fingerprint density at radius 1 is 0.462 bits per heavy atom. The summed E-state index contributed by atoms with van der Waals surface area (Å²) in [7, 11) is 0. The van der Waals surface area contributed by atoms with Crippen LogP contribution in [-0.2, 0) is 0 Å². The zero-order valence-electron chi connectivity index (χ0n) is 8.67. The van der Waals surface area contributed by atoms with Crippen LogP contribution in [0.3, 0.4) is 0 Å². The van der Waals surface area contributed by atoms with Crippen molar-refractivity contribution in [1.29, 1.82) is 0 Å². The van der Waals surface area contributed by atoms with E-state index in [-0.39, 0.29) is 0 Å². The molecule has 0 fully saturated rings. The predicted octanol–water partition coefficient (Wildman–Crippen LogP) is 4.62. The lowest BCUT2D eigenvalue weighted by Gasteiger charge is -1.98. The van der Waals surface area contributed by atoms with Crippen LogP contribution in [0, 0.1) is 0 Å². The van der Waals surface area contributed by atoms with Gasteiger partial charge in [0.1, 0.15) is 0 Å². The topological polar surface area (TPSA) is 0 Å². The molecule has 0 aromatic heterocycles. The van der Waals surface area contributed by atoms with Gasteiger partial charge in [-0.3, -0.25) is 0 Å². The third-order valence-corrected chi connectivity index (χ3v) is 2.60. The van der Waals surface area contributed by atoms with Crippen molar-refractivity contribution in [1.82, 2.24) is 0 Å². The van der Waals surface area contributed by atoms with E-state index < -0.39 is 0 Å². The van der Waals surface area contributed by atoms with E-state index in [2.05, 4.69) is 24.3 Å². The Bertz CT molecular complexity index is 135. The van der Waals surface area contributed by atoms with E-state index in [4.69, 9.17) is 0 Å². The normalized spacial score (nSPS) is 26.5. The lowest BCUT2D eigenvalue weighted by molar-refractivity contribution is 0.600. The predicted molar refractivity (Wildman–Crippen MR) is 59.8 cm³/mol. The number of rotatable bonds is 0. The highest BCUT2D eigenvalue weighted by Gasteiger charge is 1.90. The monoisotopic (exact) mass is 178 g/mol. The lowest BCUT2D eigenvalue weighted by Crippen LogP contribution is -1.78. The molecule has 1 aliphatic carbocycles. The molecule has 74 valence electrons. The fraction of sp³-hybridized carbons (Fsp3) is 0.692. The van der Waals surface area contributed by atoms with Crippen molar-refractivity contribution in [3.63, 3.8) is 0 Å². The molecular weight excluding hydrogens is 156 g/mol. The van der Waals surface area contributed by atoms with Crippen molar-refractivity contribution >= 4 is 0 Å². The first-order valence-corrected chi connectivity index (χ1v) is 5.80. The summed E-state index contributed by atoms with van der Waals surface area (Å²) in [6.45, 7) is 0. The van der Waals surface area contributed by atoms with Gasteiger partial charge in [-0.2, -0.15) is 0 Å². The molecule has 0 spiro atoms. The highest BCUT2D eigenvalue weighted by molar-refractivity contribution is 4.92. The van der Waals surface area contributed by atoms with Crippen LogP contribution in [0.2, 0.25) is 0 Å². The lowest BCUT2D eigenvalue weighted by atomic mass is 10.1. The number of hydrogen-bond donors (Lipinski definition) is 0. The maximum absolute atomic E-state index is 2.34. The first kappa shape index (κ1) is 10.6. The van der Waals surface area contributed by atoms with E-state index in [1.54, 1.807) is 0 Å². The molecule has 0 bridgehead atoms. The zero-order valence-corrected chi connectivity index (χ0v) is 8.67. The fourth-order valence-electron chi connectivity index (χ4n) is 1.74. The Morgan fingerprint density at radius 2 is 0.923 bits per heavy atom. The molecule has 13 heavy (non-hydrogen) atoms. The third kappa shape index (κ3) is 6.62. The van der Waals surface area contributed by atoms with Crippen molar-refractivity contribution in [2.45, 2.75) is 57.8 Å². The fourth-order valence-corrected chi connectivity index (χ4v) is 1.74. The van der Waals surface area contributed by atoms with Gasteiger partial charge < -0.3 is 0 Å². The number of allylic oxidation sites excluding steroid dienone is 4. The molecule has 0 N–H and O–H groups in total. The number of hydrogen-bond acceptors (Lipinski definition) is 0. The third-order valence-electron chi connectivity index (χ3n) is 2.60.